The van der Waals surface area contributed by atoms with Gasteiger partial charge in [-0.3, -0.25) is 15.0 Å². The molecule has 0 bridgehead atoms. The van der Waals surface area contributed by atoms with Crippen LogP contribution >= 0.6 is 23.2 Å². The minimum Gasteiger partial charge on any atom is -0.484 e. The molecule has 1 aliphatic rings. The molecule has 0 radical (unpaired) electrons. The predicted octanol–water partition coefficient (Wildman–Crippen LogP) is 5.27. The van der Waals surface area contributed by atoms with Crippen LogP contribution in [0.2, 0.25) is 10.0 Å². The van der Waals surface area contributed by atoms with Gasteiger partial charge >= 0.3 is 0 Å². The standard InChI is InChI=1S/C23H21Cl2FN2O4/c24-16-1-4-21-15(10-16)11-22(32-21)20(29)9-14-5-7-28(8-6-14)27-23(30)13-31-17-2-3-18(25)19(26)12-17/h1-4,10-12,14H,5-9,13H2,(H,27,30). The highest BCUT2D eigenvalue weighted by molar-refractivity contribution is 6.31. The summed E-state index contributed by atoms with van der Waals surface area (Å²) in [5, 5.41) is 3.20. The van der Waals surface area contributed by atoms with Crippen LogP contribution in [0.5, 0.6) is 5.75 Å². The van der Waals surface area contributed by atoms with Gasteiger partial charge in [0.15, 0.2) is 18.2 Å². The second kappa shape index (κ2) is 9.90. The average Bonchev–Trinajstić information content (AvgIpc) is 3.19. The number of fused-ring (bicyclic) bond motifs is 1. The summed E-state index contributed by atoms with van der Waals surface area (Å²) < 4.78 is 24.4. The summed E-state index contributed by atoms with van der Waals surface area (Å²) in [4.78, 5) is 24.7. The molecule has 1 aromatic heterocycles. The van der Waals surface area contributed by atoms with E-state index >= 15 is 0 Å². The van der Waals surface area contributed by atoms with Crippen molar-refractivity contribution >= 4 is 45.9 Å². The zero-order valence-electron chi connectivity index (χ0n) is 17.1. The van der Waals surface area contributed by atoms with Crippen LogP contribution < -0.4 is 10.2 Å². The fourth-order valence-electron chi connectivity index (χ4n) is 3.69. The summed E-state index contributed by atoms with van der Waals surface area (Å²) in [7, 11) is 0. The van der Waals surface area contributed by atoms with Crippen LogP contribution in [0.25, 0.3) is 11.0 Å². The van der Waals surface area contributed by atoms with Crippen LogP contribution in [-0.2, 0) is 4.79 Å². The Morgan fingerprint density at radius 2 is 1.91 bits per heavy atom. The number of nitrogens with one attached hydrogen (secondary N) is 1. The molecule has 1 aliphatic heterocycles. The lowest BCUT2D eigenvalue weighted by molar-refractivity contribution is -0.128. The van der Waals surface area contributed by atoms with Crippen molar-refractivity contribution in [3.63, 3.8) is 0 Å². The molecule has 168 valence electrons. The largest absolute Gasteiger partial charge is 0.484 e. The first kappa shape index (κ1) is 22.6. The van der Waals surface area contributed by atoms with Gasteiger partial charge in [0, 0.05) is 36.0 Å². The Bertz CT molecular complexity index is 1140. The molecule has 9 heteroatoms. The number of ether oxygens (including phenoxy) is 1. The lowest BCUT2D eigenvalue weighted by Crippen LogP contribution is -2.48. The summed E-state index contributed by atoms with van der Waals surface area (Å²) in [6, 6.07) is 11.0. The maximum Gasteiger partial charge on any atom is 0.272 e. The van der Waals surface area contributed by atoms with E-state index in [1.54, 1.807) is 29.3 Å². The number of Topliss-reactive ketones (excluding diaryl/α,β-unsaturated/α-hetero) is 1. The quantitative estimate of drug-likeness (QED) is 0.468. The fourth-order valence-corrected chi connectivity index (χ4v) is 3.99. The molecule has 6 nitrogen and oxygen atoms in total. The maximum absolute atomic E-state index is 13.4. The Hall–Kier alpha value is -2.61. The number of piperidine rings is 1. The number of amides is 1. The van der Waals surface area contributed by atoms with Crippen LogP contribution in [0.15, 0.2) is 46.9 Å². The first-order chi connectivity index (χ1) is 15.4. The van der Waals surface area contributed by atoms with Gasteiger partial charge in [-0.2, -0.15) is 0 Å². The molecule has 0 spiro atoms. The number of hydrogen-bond donors (Lipinski definition) is 1. The van der Waals surface area contributed by atoms with Crippen molar-refractivity contribution in [1.29, 1.82) is 0 Å². The highest BCUT2D eigenvalue weighted by atomic mass is 35.5. The number of ketones is 1. The van der Waals surface area contributed by atoms with Crippen molar-refractivity contribution in [3.05, 3.63) is 64.1 Å². The van der Waals surface area contributed by atoms with E-state index in [1.807, 2.05) is 0 Å². The van der Waals surface area contributed by atoms with Gasteiger partial charge in [0.1, 0.15) is 17.1 Å². The van der Waals surface area contributed by atoms with Crippen molar-refractivity contribution in [2.45, 2.75) is 19.3 Å². The predicted molar refractivity (Wildman–Crippen MR) is 120 cm³/mol. The summed E-state index contributed by atoms with van der Waals surface area (Å²) in [5.41, 5.74) is 3.42. The molecule has 0 saturated carbocycles. The third kappa shape index (κ3) is 5.59. The van der Waals surface area contributed by atoms with Crippen molar-refractivity contribution in [1.82, 2.24) is 10.4 Å². The van der Waals surface area contributed by atoms with Crippen molar-refractivity contribution < 1.29 is 23.1 Å². The molecule has 1 fully saturated rings. The zero-order chi connectivity index (χ0) is 22.7. The highest BCUT2D eigenvalue weighted by Crippen LogP contribution is 2.27. The molecule has 2 aromatic carbocycles. The summed E-state index contributed by atoms with van der Waals surface area (Å²) in [5.74, 6) is -0.200. The number of hydrazine groups is 1. The Balaban J connectivity index is 1.21. The lowest BCUT2D eigenvalue weighted by Gasteiger charge is -2.31. The van der Waals surface area contributed by atoms with Gasteiger partial charge in [-0.05, 0) is 55.2 Å². The van der Waals surface area contributed by atoms with Gasteiger partial charge in [0.2, 0.25) is 0 Å². The maximum atomic E-state index is 13.4. The van der Waals surface area contributed by atoms with Crippen molar-refractivity contribution in [3.8, 4) is 5.75 Å². The van der Waals surface area contributed by atoms with E-state index in [4.69, 9.17) is 32.4 Å². The molecule has 4 rings (SSSR count). The molecule has 0 unspecified atom stereocenters. The highest BCUT2D eigenvalue weighted by Gasteiger charge is 2.24. The Morgan fingerprint density at radius 3 is 2.66 bits per heavy atom. The topological polar surface area (TPSA) is 71.8 Å². The molecule has 2 heterocycles. The van der Waals surface area contributed by atoms with Crippen LogP contribution in [0.1, 0.15) is 29.8 Å². The Morgan fingerprint density at radius 1 is 1.12 bits per heavy atom. The summed E-state index contributed by atoms with van der Waals surface area (Å²) in [6.07, 6.45) is 1.92. The van der Waals surface area contributed by atoms with E-state index < -0.39 is 5.82 Å². The molecule has 1 N–H and O–H groups in total. The molecular weight excluding hydrogens is 458 g/mol. The number of furan rings is 1. The number of carbonyl (C=O) groups is 2. The molecule has 1 amide bonds. The number of carbonyl (C=O) groups excluding carboxylic acids is 2. The summed E-state index contributed by atoms with van der Waals surface area (Å²) in [6.45, 7) is 1.000. The minimum atomic E-state index is -0.604. The molecular formula is C23H21Cl2FN2O4. The van der Waals surface area contributed by atoms with Crippen molar-refractivity contribution in [2.24, 2.45) is 5.92 Å². The van der Waals surface area contributed by atoms with Gasteiger partial charge in [-0.1, -0.05) is 23.2 Å². The first-order valence-corrected chi connectivity index (χ1v) is 11.0. The van der Waals surface area contributed by atoms with E-state index in [2.05, 4.69) is 5.43 Å². The lowest BCUT2D eigenvalue weighted by atomic mass is 9.92. The zero-order valence-corrected chi connectivity index (χ0v) is 18.6. The van der Waals surface area contributed by atoms with Gasteiger partial charge in [-0.15, -0.1) is 0 Å². The van der Waals surface area contributed by atoms with Gasteiger partial charge in [0.25, 0.3) is 5.91 Å². The van der Waals surface area contributed by atoms with E-state index in [1.165, 1.54) is 12.1 Å². The third-order valence-corrected chi connectivity index (χ3v) is 5.93. The number of halogens is 3. The number of rotatable bonds is 7. The second-order valence-corrected chi connectivity index (χ2v) is 8.59. The van der Waals surface area contributed by atoms with E-state index in [-0.39, 0.29) is 35.0 Å². The normalized spacial score (nSPS) is 15.1. The van der Waals surface area contributed by atoms with E-state index in [9.17, 15) is 14.0 Å². The van der Waals surface area contributed by atoms with Crippen LogP contribution in [-0.4, -0.2) is 36.4 Å². The van der Waals surface area contributed by atoms with E-state index in [0.717, 1.165) is 24.3 Å². The van der Waals surface area contributed by atoms with Gasteiger partial charge in [-0.25, -0.2) is 9.40 Å². The smallest absolute Gasteiger partial charge is 0.272 e. The molecule has 1 saturated heterocycles. The SMILES string of the molecule is O=C(COc1ccc(Cl)c(F)c1)NN1CCC(CC(=O)c2cc3cc(Cl)ccc3o2)CC1. The van der Waals surface area contributed by atoms with Gasteiger partial charge < -0.3 is 9.15 Å². The molecule has 3 aromatic rings. The number of benzene rings is 2. The fraction of sp³-hybridized carbons (Fsp3) is 0.304. The van der Waals surface area contributed by atoms with Crippen LogP contribution in [0, 0.1) is 11.7 Å². The second-order valence-electron chi connectivity index (χ2n) is 7.75. The van der Waals surface area contributed by atoms with Crippen LogP contribution in [0.4, 0.5) is 4.39 Å². The Labute approximate surface area is 194 Å². The minimum absolute atomic E-state index is 0.00660. The number of hydrogen-bond acceptors (Lipinski definition) is 5. The number of nitrogens with zero attached hydrogens (tertiary/aromatic N) is 1. The molecule has 0 atom stereocenters. The Kier molecular flexibility index (Phi) is 6.98. The average molecular weight is 479 g/mol. The van der Waals surface area contributed by atoms with Crippen molar-refractivity contribution in [2.75, 3.05) is 19.7 Å². The molecule has 32 heavy (non-hydrogen) atoms. The van der Waals surface area contributed by atoms with Crippen LogP contribution in [0.3, 0.4) is 0 Å². The van der Waals surface area contributed by atoms with E-state index in [0.29, 0.717) is 35.9 Å². The summed E-state index contributed by atoms with van der Waals surface area (Å²) >= 11 is 11.6. The molecule has 0 aliphatic carbocycles. The monoisotopic (exact) mass is 478 g/mol. The first-order valence-electron chi connectivity index (χ1n) is 10.2. The van der Waals surface area contributed by atoms with Gasteiger partial charge in [0.05, 0.1) is 5.02 Å². The third-order valence-electron chi connectivity index (χ3n) is 5.39.